The Morgan fingerprint density at radius 3 is 2.47 bits per heavy atom. The Labute approximate surface area is 187 Å². The van der Waals surface area contributed by atoms with Crippen molar-refractivity contribution in [1.82, 2.24) is 4.90 Å². The van der Waals surface area contributed by atoms with Crippen molar-refractivity contribution in [1.29, 1.82) is 0 Å². The van der Waals surface area contributed by atoms with E-state index in [0.717, 1.165) is 16.9 Å². The van der Waals surface area contributed by atoms with E-state index in [9.17, 15) is 9.59 Å². The second-order valence-electron chi connectivity index (χ2n) is 7.56. The Morgan fingerprint density at radius 1 is 1.03 bits per heavy atom. The number of benzene rings is 3. The van der Waals surface area contributed by atoms with Crippen molar-refractivity contribution in [2.45, 2.75) is 25.9 Å². The van der Waals surface area contributed by atoms with Gasteiger partial charge >= 0.3 is 0 Å². The van der Waals surface area contributed by atoms with E-state index < -0.39 is 6.04 Å². The standard InChI is InChI=1S/C26H26N2O4/c1-3-32-24-11-7-6-10-22(24)27-25(29)16-23(18-12-14-20(31-2)15-13-18)28-17-19-8-4-5-9-21(19)26(28)30/h4-15,23H,3,16-17H2,1-2H3,(H,27,29). The van der Waals surface area contributed by atoms with Crippen molar-refractivity contribution in [3.63, 3.8) is 0 Å². The lowest BCUT2D eigenvalue weighted by Gasteiger charge is -2.28. The van der Waals surface area contributed by atoms with Crippen LogP contribution in [0.1, 0.15) is 40.9 Å². The Hall–Kier alpha value is -3.80. The van der Waals surface area contributed by atoms with E-state index in [1.807, 2.05) is 79.7 Å². The summed E-state index contributed by atoms with van der Waals surface area (Å²) in [6, 6.07) is 22.0. The highest BCUT2D eigenvalue weighted by Crippen LogP contribution is 2.34. The van der Waals surface area contributed by atoms with E-state index in [4.69, 9.17) is 9.47 Å². The fourth-order valence-electron chi connectivity index (χ4n) is 3.99. The molecule has 0 saturated carbocycles. The van der Waals surface area contributed by atoms with Gasteiger partial charge in [0.2, 0.25) is 5.91 Å². The predicted octanol–water partition coefficient (Wildman–Crippen LogP) is 4.82. The molecule has 1 unspecified atom stereocenters. The molecule has 0 fully saturated rings. The molecule has 1 N–H and O–H groups in total. The zero-order valence-corrected chi connectivity index (χ0v) is 18.2. The second-order valence-corrected chi connectivity index (χ2v) is 7.56. The smallest absolute Gasteiger partial charge is 0.255 e. The maximum Gasteiger partial charge on any atom is 0.255 e. The number of para-hydroxylation sites is 2. The molecule has 4 rings (SSSR count). The van der Waals surface area contributed by atoms with Gasteiger partial charge in [-0.25, -0.2) is 0 Å². The number of fused-ring (bicyclic) bond motifs is 1. The van der Waals surface area contributed by atoms with Gasteiger partial charge in [0, 0.05) is 12.1 Å². The number of carbonyl (C=O) groups is 2. The van der Waals surface area contributed by atoms with Crippen molar-refractivity contribution in [2.75, 3.05) is 19.0 Å². The van der Waals surface area contributed by atoms with E-state index in [2.05, 4.69) is 5.32 Å². The summed E-state index contributed by atoms with van der Waals surface area (Å²) in [5, 5.41) is 2.95. The van der Waals surface area contributed by atoms with Gasteiger partial charge in [-0.05, 0) is 48.4 Å². The van der Waals surface area contributed by atoms with Gasteiger partial charge in [0.15, 0.2) is 0 Å². The second kappa shape index (κ2) is 9.56. The number of anilines is 1. The first-order valence-electron chi connectivity index (χ1n) is 10.6. The van der Waals surface area contributed by atoms with E-state index in [-0.39, 0.29) is 18.2 Å². The van der Waals surface area contributed by atoms with Gasteiger partial charge in [0.25, 0.3) is 5.91 Å². The number of carbonyl (C=O) groups excluding carboxylic acids is 2. The summed E-state index contributed by atoms with van der Waals surface area (Å²) < 4.78 is 10.9. The highest BCUT2D eigenvalue weighted by atomic mass is 16.5. The van der Waals surface area contributed by atoms with Crippen LogP contribution in [0.25, 0.3) is 0 Å². The molecule has 164 valence electrons. The van der Waals surface area contributed by atoms with Gasteiger partial charge in [-0.2, -0.15) is 0 Å². The lowest BCUT2D eigenvalue weighted by molar-refractivity contribution is -0.117. The molecule has 1 heterocycles. The van der Waals surface area contributed by atoms with Crippen LogP contribution < -0.4 is 14.8 Å². The third kappa shape index (κ3) is 4.44. The summed E-state index contributed by atoms with van der Waals surface area (Å²) in [5.41, 5.74) is 3.15. The molecule has 1 aliphatic rings. The molecule has 0 radical (unpaired) electrons. The fourth-order valence-corrected chi connectivity index (χ4v) is 3.99. The van der Waals surface area contributed by atoms with Crippen molar-refractivity contribution >= 4 is 17.5 Å². The van der Waals surface area contributed by atoms with Crippen LogP contribution in [0.3, 0.4) is 0 Å². The van der Waals surface area contributed by atoms with Crippen molar-refractivity contribution in [3.05, 3.63) is 89.5 Å². The summed E-state index contributed by atoms with van der Waals surface area (Å²) in [5.74, 6) is 1.08. The highest BCUT2D eigenvalue weighted by Gasteiger charge is 2.34. The normalized spacial score (nSPS) is 13.4. The number of hydrogen-bond acceptors (Lipinski definition) is 4. The molecule has 32 heavy (non-hydrogen) atoms. The molecule has 3 aromatic rings. The minimum Gasteiger partial charge on any atom is -0.497 e. The van der Waals surface area contributed by atoms with E-state index in [1.54, 1.807) is 12.0 Å². The van der Waals surface area contributed by atoms with Gasteiger partial charge in [-0.15, -0.1) is 0 Å². The average molecular weight is 431 g/mol. The summed E-state index contributed by atoms with van der Waals surface area (Å²) in [6.45, 7) is 2.87. The molecular weight excluding hydrogens is 404 g/mol. The SMILES string of the molecule is CCOc1ccccc1NC(=O)CC(c1ccc(OC)cc1)N1Cc2ccccc2C1=O. The molecule has 6 nitrogen and oxygen atoms in total. The maximum absolute atomic E-state index is 13.2. The first kappa shape index (κ1) is 21.4. The first-order valence-corrected chi connectivity index (χ1v) is 10.6. The summed E-state index contributed by atoms with van der Waals surface area (Å²) >= 11 is 0. The number of amides is 2. The molecule has 0 aromatic heterocycles. The lowest BCUT2D eigenvalue weighted by atomic mass is 10.0. The molecule has 1 atom stereocenters. The highest BCUT2D eigenvalue weighted by molar-refractivity contribution is 5.99. The molecule has 0 aliphatic carbocycles. The predicted molar refractivity (Wildman–Crippen MR) is 123 cm³/mol. The van der Waals surface area contributed by atoms with Gasteiger partial charge in [0.1, 0.15) is 11.5 Å². The number of ether oxygens (including phenoxy) is 2. The van der Waals surface area contributed by atoms with Crippen molar-refractivity contribution < 1.29 is 19.1 Å². The Balaban J connectivity index is 1.60. The molecule has 0 spiro atoms. The van der Waals surface area contributed by atoms with Gasteiger partial charge in [-0.3, -0.25) is 9.59 Å². The molecule has 0 bridgehead atoms. The topological polar surface area (TPSA) is 67.9 Å². The minimum atomic E-state index is -0.417. The Kier molecular flexibility index (Phi) is 6.40. The maximum atomic E-state index is 13.2. The number of methoxy groups -OCH3 is 1. The van der Waals surface area contributed by atoms with Crippen LogP contribution in [0.5, 0.6) is 11.5 Å². The summed E-state index contributed by atoms with van der Waals surface area (Å²) in [7, 11) is 1.61. The molecule has 0 saturated heterocycles. The van der Waals surface area contributed by atoms with Crippen LogP contribution in [-0.4, -0.2) is 30.4 Å². The van der Waals surface area contributed by atoms with Crippen LogP contribution in [0.15, 0.2) is 72.8 Å². The molecule has 3 aromatic carbocycles. The average Bonchev–Trinajstić information content (AvgIpc) is 3.15. The molecule has 2 amide bonds. The van der Waals surface area contributed by atoms with Crippen molar-refractivity contribution in [2.24, 2.45) is 0 Å². The number of hydrogen-bond donors (Lipinski definition) is 1. The summed E-state index contributed by atoms with van der Waals surface area (Å²) in [4.78, 5) is 28.0. The molecule has 6 heteroatoms. The monoisotopic (exact) mass is 430 g/mol. The zero-order chi connectivity index (χ0) is 22.5. The van der Waals surface area contributed by atoms with Crippen LogP contribution >= 0.6 is 0 Å². The van der Waals surface area contributed by atoms with E-state index in [0.29, 0.717) is 30.2 Å². The minimum absolute atomic E-state index is 0.0658. The number of nitrogens with zero attached hydrogens (tertiary/aromatic N) is 1. The third-order valence-corrected chi connectivity index (χ3v) is 5.57. The molecular formula is C26H26N2O4. The zero-order valence-electron chi connectivity index (χ0n) is 18.2. The summed E-state index contributed by atoms with van der Waals surface area (Å²) in [6.07, 6.45) is 0.118. The number of rotatable bonds is 8. The van der Waals surface area contributed by atoms with Gasteiger partial charge in [-0.1, -0.05) is 42.5 Å². The number of nitrogens with one attached hydrogen (secondary N) is 1. The first-order chi connectivity index (χ1) is 15.6. The molecule has 1 aliphatic heterocycles. The third-order valence-electron chi connectivity index (χ3n) is 5.57. The lowest BCUT2D eigenvalue weighted by Crippen LogP contribution is -2.32. The van der Waals surface area contributed by atoms with E-state index >= 15 is 0 Å². The van der Waals surface area contributed by atoms with Crippen LogP contribution in [0.4, 0.5) is 5.69 Å². The Morgan fingerprint density at radius 2 is 1.75 bits per heavy atom. The van der Waals surface area contributed by atoms with E-state index in [1.165, 1.54) is 0 Å². The van der Waals surface area contributed by atoms with Crippen molar-refractivity contribution in [3.8, 4) is 11.5 Å². The Bertz CT molecular complexity index is 1110. The van der Waals surface area contributed by atoms with Gasteiger partial charge in [0.05, 0.1) is 31.9 Å². The van der Waals surface area contributed by atoms with Crippen LogP contribution in [0.2, 0.25) is 0 Å². The van der Waals surface area contributed by atoms with Gasteiger partial charge < -0.3 is 19.7 Å². The largest absolute Gasteiger partial charge is 0.497 e. The van der Waals surface area contributed by atoms with Crippen LogP contribution in [0, 0.1) is 0 Å². The fraction of sp³-hybridized carbons (Fsp3) is 0.231. The van der Waals surface area contributed by atoms with Crippen LogP contribution in [-0.2, 0) is 11.3 Å². The quantitative estimate of drug-likeness (QED) is 0.556.